The minimum absolute atomic E-state index is 0.524. The molecule has 3 aromatic rings. The summed E-state index contributed by atoms with van der Waals surface area (Å²) in [6.45, 7) is 2.43. The Morgan fingerprint density at radius 2 is 0.765 bits per heavy atom. The molecule has 0 amide bonds. The Morgan fingerprint density at radius 1 is 0.431 bits per heavy atom. The molecule has 3 aromatic carbocycles. The van der Waals surface area contributed by atoms with E-state index in [0.717, 1.165) is 125 Å². The Hall–Kier alpha value is -4.53. The standard InChI is InChI=1S/C42H53N3O6/c1-46-37-21-28-15-18-43-34(31(28)24-40(37)49-4)10-8-7-9-27(11-13-35-32-25-41(50-5)38(47-2)22-29(32)16-19-44-35)12-14-36-33-26-42(51-6)39(48-3)23-30(33)17-20-45-36/h21-27H,7-20H2,1-6H3. The van der Waals surface area contributed by atoms with E-state index in [9.17, 15) is 0 Å². The van der Waals surface area contributed by atoms with E-state index in [4.69, 9.17) is 43.4 Å². The van der Waals surface area contributed by atoms with Gasteiger partial charge in [0.05, 0.1) is 42.7 Å². The van der Waals surface area contributed by atoms with Crippen molar-refractivity contribution >= 4 is 17.1 Å². The zero-order valence-electron chi connectivity index (χ0n) is 31.2. The molecule has 0 aromatic heterocycles. The van der Waals surface area contributed by atoms with E-state index in [2.05, 4.69) is 36.4 Å². The van der Waals surface area contributed by atoms with Crippen LogP contribution in [0, 0.1) is 5.92 Å². The Bertz CT molecular complexity index is 1710. The Kier molecular flexibility index (Phi) is 12.2. The molecule has 3 heterocycles. The highest BCUT2D eigenvalue weighted by Gasteiger charge is 2.23. The highest BCUT2D eigenvalue weighted by molar-refractivity contribution is 6.04. The van der Waals surface area contributed by atoms with Crippen LogP contribution in [0.25, 0.3) is 0 Å². The summed E-state index contributed by atoms with van der Waals surface area (Å²) >= 11 is 0. The second-order valence-corrected chi connectivity index (χ2v) is 13.5. The van der Waals surface area contributed by atoms with Crippen LogP contribution in [0.1, 0.15) is 84.7 Å². The zero-order valence-corrected chi connectivity index (χ0v) is 31.2. The van der Waals surface area contributed by atoms with Crippen molar-refractivity contribution in [2.45, 2.75) is 70.6 Å². The lowest BCUT2D eigenvalue weighted by Crippen LogP contribution is -2.17. The van der Waals surface area contributed by atoms with Crippen LogP contribution in [0.15, 0.2) is 51.4 Å². The minimum Gasteiger partial charge on any atom is -0.493 e. The van der Waals surface area contributed by atoms with Crippen molar-refractivity contribution in [1.29, 1.82) is 0 Å². The molecule has 0 spiro atoms. The molecule has 0 saturated heterocycles. The van der Waals surface area contributed by atoms with E-state index in [1.165, 1.54) is 50.5 Å². The maximum absolute atomic E-state index is 5.67. The van der Waals surface area contributed by atoms with Gasteiger partial charge in [0, 0.05) is 53.5 Å². The summed E-state index contributed by atoms with van der Waals surface area (Å²) in [5.41, 5.74) is 11.0. The summed E-state index contributed by atoms with van der Waals surface area (Å²) in [5.74, 6) is 5.14. The molecule has 0 N–H and O–H groups in total. The highest BCUT2D eigenvalue weighted by Crippen LogP contribution is 2.37. The number of aliphatic imine (C=N–C) groups is 3. The quantitative estimate of drug-likeness (QED) is 0.133. The van der Waals surface area contributed by atoms with E-state index < -0.39 is 0 Å². The second kappa shape index (κ2) is 17.1. The van der Waals surface area contributed by atoms with Gasteiger partial charge in [-0.1, -0.05) is 12.8 Å². The third kappa shape index (κ3) is 8.18. The maximum atomic E-state index is 5.67. The van der Waals surface area contributed by atoms with Crippen molar-refractivity contribution in [1.82, 2.24) is 0 Å². The molecule has 6 rings (SSSR count). The normalized spacial score (nSPS) is 14.8. The Balaban J connectivity index is 1.16. The SMILES string of the molecule is COc1cc2c(cc1OC)C(CCCCC(CCC1=NCCc3cc(OC)c(OC)cc31)CCC1=NCCc3cc(OC)c(OC)cc31)=NCC2. The van der Waals surface area contributed by atoms with Crippen molar-refractivity contribution < 1.29 is 28.4 Å². The van der Waals surface area contributed by atoms with Crippen molar-refractivity contribution in [3.63, 3.8) is 0 Å². The lowest BCUT2D eigenvalue weighted by atomic mass is 9.85. The molecule has 0 radical (unpaired) electrons. The number of hydrogen-bond acceptors (Lipinski definition) is 9. The first kappa shape index (κ1) is 36.3. The highest BCUT2D eigenvalue weighted by atomic mass is 16.5. The molecule has 0 atom stereocenters. The van der Waals surface area contributed by atoms with Gasteiger partial charge in [-0.05, 0) is 117 Å². The van der Waals surface area contributed by atoms with E-state index in [1.807, 2.05) is 0 Å². The van der Waals surface area contributed by atoms with Crippen molar-refractivity contribution in [3.05, 3.63) is 69.8 Å². The van der Waals surface area contributed by atoms with Crippen LogP contribution in [0.4, 0.5) is 0 Å². The number of unbranched alkanes of at least 4 members (excludes halogenated alkanes) is 1. The molecule has 0 bridgehead atoms. The summed E-state index contributed by atoms with van der Waals surface area (Å²) in [5, 5.41) is 0. The van der Waals surface area contributed by atoms with E-state index >= 15 is 0 Å². The molecule has 51 heavy (non-hydrogen) atoms. The van der Waals surface area contributed by atoms with Gasteiger partial charge in [0.2, 0.25) is 0 Å². The molecular formula is C42H53N3O6. The third-order valence-electron chi connectivity index (χ3n) is 10.7. The first-order chi connectivity index (χ1) is 25.0. The van der Waals surface area contributed by atoms with Crippen LogP contribution in [0.2, 0.25) is 0 Å². The van der Waals surface area contributed by atoms with Gasteiger partial charge in [-0.2, -0.15) is 0 Å². The fourth-order valence-electron chi connectivity index (χ4n) is 7.86. The number of methoxy groups -OCH3 is 6. The predicted molar refractivity (Wildman–Crippen MR) is 204 cm³/mol. The molecule has 0 unspecified atom stereocenters. The summed E-state index contributed by atoms with van der Waals surface area (Å²) in [4.78, 5) is 15.0. The molecule has 0 fully saturated rings. The van der Waals surface area contributed by atoms with Gasteiger partial charge < -0.3 is 28.4 Å². The average Bonchev–Trinajstić information content (AvgIpc) is 3.18. The van der Waals surface area contributed by atoms with E-state index in [1.54, 1.807) is 42.7 Å². The monoisotopic (exact) mass is 695 g/mol. The molecular weight excluding hydrogens is 642 g/mol. The van der Waals surface area contributed by atoms with Gasteiger partial charge in [0.15, 0.2) is 34.5 Å². The van der Waals surface area contributed by atoms with Gasteiger partial charge in [-0.15, -0.1) is 0 Å². The Morgan fingerprint density at radius 3 is 1.12 bits per heavy atom. The fraction of sp³-hybridized carbons (Fsp3) is 0.500. The van der Waals surface area contributed by atoms with Crippen molar-refractivity contribution in [3.8, 4) is 34.5 Å². The van der Waals surface area contributed by atoms with Gasteiger partial charge in [-0.25, -0.2) is 0 Å². The van der Waals surface area contributed by atoms with E-state index in [0.29, 0.717) is 5.92 Å². The lowest BCUT2D eigenvalue weighted by molar-refractivity contribution is 0.354. The number of ether oxygens (including phenoxy) is 6. The topological polar surface area (TPSA) is 92.5 Å². The third-order valence-corrected chi connectivity index (χ3v) is 10.7. The number of hydrogen-bond donors (Lipinski definition) is 0. The average molecular weight is 696 g/mol. The first-order valence-electron chi connectivity index (χ1n) is 18.4. The zero-order chi connectivity index (χ0) is 35.7. The van der Waals surface area contributed by atoms with Crippen molar-refractivity contribution in [2.24, 2.45) is 20.9 Å². The van der Waals surface area contributed by atoms with Crippen LogP contribution in [0.5, 0.6) is 34.5 Å². The molecule has 3 aliphatic rings. The molecule has 0 aliphatic carbocycles. The molecule has 0 saturated carbocycles. The van der Waals surface area contributed by atoms with Crippen LogP contribution >= 0.6 is 0 Å². The molecule has 9 nitrogen and oxygen atoms in total. The number of benzene rings is 3. The van der Waals surface area contributed by atoms with Crippen LogP contribution in [-0.2, 0) is 19.3 Å². The van der Waals surface area contributed by atoms with Crippen LogP contribution in [0.3, 0.4) is 0 Å². The summed E-state index contributed by atoms with van der Waals surface area (Å²) in [7, 11) is 10.2. The second-order valence-electron chi connectivity index (χ2n) is 13.5. The molecule has 272 valence electrons. The Labute approximate surface area is 303 Å². The first-order valence-corrected chi connectivity index (χ1v) is 18.4. The lowest BCUT2D eigenvalue weighted by Gasteiger charge is -2.24. The van der Waals surface area contributed by atoms with Gasteiger partial charge >= 0.3 is 0 Å². The number of rotatable bonds is 17. The predicted octanol–water partition coefficient (Wildman–Crippen LogP) is 7.91. The van der Waals surface area contributed by atoms with Gasteiger partial charge in [0.25, 0.3) is 0 Å². The van der Waals surface area contributed by atoms with Gasteiger partial charge in [0.1, 0.15) is 0 Å². The summed E-state index contributed by atoms with van der Waals surface area (Å²) < 4.78 is 33.8. The summed E-state index contributed by atoms with van der Waals surface area (Å²) in [6.07, 6.45) is 11.1. The minimum atomic E-state index is 0.524. The molecule has 3 aliphatic heterocycles. The fourth-order valence-corrected chi connectivity index (χ4v) is 7.86. The molecule has 9 heteroatoms. The van der Waals surface area contributed by atoms with E-state index in [-0.39, 0.29) is 0 Å². The van der Waals surface area contributed by atoms with Crippen LogP contribution < -0.4 is 28.4 Å². The van der Waals surface area contributed by atoms with Crippen LogP contribution in [-0.4, -0.2) is 79.4 Å². The smallest absolute Gasteiger partial charge is 0.161 e. The maximum Gasteiger partial charge on any atom is 0.161 e. The number of nitrogens with zero attached hydrogens (tertiary/aromatic N) is 3. The van der Waals surface area contributed by atoms with Gasteiger partial charge in [-0.3, -0.25) is 15.0 Å². The summed E-state index contributed by atoms with van der Waals surface area (Å²) in [6, 6.07) is 12.7. The largest absolute Gasteiger partial charge is 0.493 e. The number of fused-ring (bicyclic) bond motifs is 3. The van der Waals surface area contributed by atoms with Crippen molar-refractivity contribution in [2.75, 3.05) is 62.3 Å².